The van der Waals surface area contributed by atoms with E-state index in [1.54, 1.807) is 21.3 Å². The zero-order chi connectivity index (χ0) is 20.4. The number of benzene rings is 1. The predicted octanol–water partition coefficient (Wildman–Crippen LogP) is 1.99. The quantitative estimate of drug-likeness (QED) is 0.477. The number of hydrogen-bond donors (Lipinski definition) is 2. The fourth-order valence-corrected chi connectivity index (χ4v) is 3.39. The van der Waals surface area contributed by atoms with Gasteiger partial charge < -0.3 is 24.8 Å². The predicted molar refractivity (Wildman–Crippen MR) is 117 cm³/mol. The molecule has 1 heterocycles. The summed E-state index contributed by atoms with van der Waals surface area (Å²) in [5, 5.41) is 7.41. The first-order valence-corrected chi connectivity index (χ1v) is 10.9. The van der Waals surface area contributed by atoms with E-state index < -0.39 is 0 Å². The van der Waals surface area contributed by atoms with Crippen molar-refractivity contribution in [2.45, 2.75) is 18.2 Å². The van der Waals surface area contributed by atoms with Crippen molar-refractivity contribution in [3.05, 3.63) is 23.8 Å². The normalized spacial score (nSPS) is 17.7. The third kappa shape index (κ3) is 6.46. The van der Waals surface area contributed by atoms with E-state index in [0.717, 1.165) is 56.9 Å². The van der Waals surface area contributed by atoms with Crippen molar-refractivity contribution in [3.8, 4) is 11.5 Å². The number of methoxy groups -OCH3 is 2. The Balaban J connectivity index is 2.13. The molecule has 8 heteroatoms. The van der Waals surface area contributed by atoms with Gasteiger partial charge in [0.2, 0.25) is 0 Å². The molecule has 0 amide bonds. The lowest BCUT2D eigenvalue weighted by Crippen LogP contribution is -2.47. The van der Waals surface area contributed by atoms with Gasteiger partial charge in [0.15, 0.2) is 17.5 Å². The van der Waals surface area contributed by atoms with Gasteiger partial charge in [-0.25, -0.2) is 0 Å². The number of nitrogens with zero attached hydrogens (tertiary/aromatic N) is 2. The molecule has 0 bridgehead atoms. The molecule has 7 nitrogen and oxygen atoms in total. The lowest BCUT2D eigenvalue weighted by atomic mass is 10.0. The van der Waals surface area contributed by atoms with Gasteiger partial charge in [0.1, 0.15) is 0 Å². The molecule has 2 rings (SSSR count). The average Bonchev–Trinajstić information content (AvgIpc) is 2.76. The van der Waals surface area contributed by atoms with Gasteiger partial charge in [-0.3, -0.25) is 9.89 Å². The molecular weight excluding hydrogens is 376 g/mol. The molecule has 1 aliphatic heterocycles. The summed E-state index contributed by atoms with van der Waals surface area (Å²) >= 11 is 1.84. The first-order chi connectivity index (χ1) is 13.6. The maximum atomic E-state index is 5.55. The van der Waals surface area contributed by atoms with E-state index >= 15 is 0 Å². The van der Waals surface area contributed by atoms with Crippen molar-refractivity contribution in [2.24, 2.45) is 4.99 Å². The van der Waals surface area contributed by atoms with Gasteiger partial charge in [0.05, 0.1) is 33.5 Å². The molecule has 0 spiro atoms. The molecule has 1 aliphatic rings. The second-order valence-electron chi connectivity index (χ2n) is 6.66. The van der Waals surface area contributed by atoms with Crippen LogP contribution in [0.4, 0.5) is 0 Å². The number of ether oxygens (including phenoxy) is 3. The summed E-state index contributed by atoms with van der Waals surface area (Å²) in [6.07, 6.45) is 2.12. The summed E-state index contributed by atoms with van der Waals surface area (Å²) in [7, 11) is 5.13. The van der Waals surface area contributed by atoms with Gasteiger partial charge in [-0.1, -0.05) is 13.0 Å². The lowest BCUT2D eigenvalue weighted by molar-refractivity contribution is 0.0169. The van der Waals surface area contributed by atoms with Crippen LogP contribution in [-0.2, 0) is 4.74 Å². The summed E-state index contributed by atoms with van der Waals surface area (Å²) in [5.74, 6) is 2.30. The Morgan fingerprint density at radius 2 is 1.86 bits per heavy atom. The summed E-state index contributed by atoms with van der Waals surface area (Å²) < 4.78 is 16.4. The van der Waals surface area contributed by atoms with E-state index in [-0.39, 0.29) is 6.04 Å². The zero-order valence-electron chi connectivity index (χ0n) is 17.7. The maximum Gasteiger partial charge on any atom is 0.191 e. The van der Waals surface area contributed by atoms with Gasteiger partial charge >= 0.3 is 0 Å². The van der Waals surface area contributed by atoms with E-state index in [1.165, 1.54) is 5.56 Å². The monoisotopic (exact) mass is 410 g/mol. The highest BCUT2D eigenvalue weighted by Crippen LogP contribution is 2.32. The van der Waals surface area contributed by atoms with Crippen LogP contribution >= 0.6 is 11.8 Å². The number of nitrogens with one attached hydrogen (secondary N) is 2. The highest BCUT2D eigenvalue weighted by molar-refractivity contribution is 7.99. The molecule has 28 heavy (non-hydrogen) atoms. The minimum Gasteiger partial charge on any atom is -0.493 e. The molecule has 2 atom stereocenters. The van der Waals surface area contributed by atoms with Crippen molar-refractivity contribution in [1.82, 2.24) is 15.5 Å². The first-order valence-electron chi connectivity index (χ1n) is 9.64. The third-order valence-corrected chi connectivity index (χ3v) is 5.90. The minimum atomic E-state index is 0.181. The van der Waals surface area contributed by atoms with Crippen molar-refractivity contribution in [1.29, 1.82) is 0 Å². The Hall–Kier alpha value is -1.64. The Bertz CT molecular complexity index is 623. The Morgan fingerprint density at radius 1 is 1.18 bits per heavy atom. The van der Waals surface area contributed by atoms with Crippen LogP contribution in [0.2, 0.25) is 0 Å². The SMILES string of the molecule is CN=C(NCC(C)SC)NCC(c1ccc(OC)c(OC)c1)N1CCOCC1. The number of aliphatic imine (C=N–C) groups is 1. The summed E-state index contributed by atoms with van der Waals surface area (Å²) in [5.41, 5.74) is 1.18. The lowest BCUT2D eigenvalue weighted by Gasteiger charge is -2.35. The topological polar surface area (TPSA) is 67.4 Å². The van der Waals surface area contributed by atoms with E-state index in [4.69, 9.17) is 14.2 Å². The van der Waals surface area contributed by atoms with Crippen molar-refractivity contribution < 1.29 is 14.2 Å². The van der Waals surface area contributed by atoms with Gasteiger partial charge in [0.25, 0.3) is 0 Å². The molecule has 1 fully saturated rings. The van der Waals surface area contributed by atoms with E-state index in [0.29, 0.717) is 5.25 Å². The van der Waals surface area contributed by atoms with Gasteiger partial charge in [-0.15, -0.1) is 0 Å². The highest BCUT2D eigenvalue weighted by Gasteiger charge is 2.24. The van der Waals surface area contributed by atoms with E-state index in [2.05, 4.69) is 45.8 Å². The number of thioether (sulfide) groups is 1. The molecule has 1 aromatic rings. The van der Waals surface area contributed by atoms with Crippen molar-refractivity contribution in [2.75, 3.05) is 66.9 Å². The van der Waals surface area contributed by atoms with Crippen LogP contribution in [0.5, 0.6) is 11.5 Å². The van der Waals surface area contributed by atoms with Crippen LogP contribution in [-0.4, -0.2) is 83.0 Å². The molecule has 0 saturated carbocycles. The molecule has 0 aliphatic carbocycles. The van der Waals surface area contributed by atoms with Crippen molar-refractivity contribution in [3.63, 3.8) is 0 Å². The number of rotatable bonds is 9. The fraction of sp³-hybridized carbons (Fsp3) is 0.650. The number of guanidine groups is 1. The van der Waals surface area contributed by atoms with Gasteiger partial charge in [0, 0.05) is 38.5 Å². The maximum absolute atomic E-state index is 5.55. The largest absolute Gasteiger partial charge is 0.493 e. The molecule has 0 aromatic heterocycles. The van der Waals surface area contributed by atoms with Crippen LogP contribution < -0.4 is 20.1 Å². The van der Waals surface area contributed by atoms with Gasteiger partial charge in [-0.05, 0) is 24.0 Å². The second-order valence-corrected chi connectivity index (χ2v) is 7.94. The molecule has 2 N–H and O–H groups in total. The van der Waals surface area contributed by atoms with E-state index in [9.17, 15) is 0 Å². The molecule has 158 valence electrons. The minimum absolute atomic E-state index is 0.181. The smallest absolute Gasteiger partial charge is 0.191 e. The molecule has 1 aromatic carbocycles. The molecule has 2 unspecified atom stereocenters. The van der Waals surface area contributed by atoms with E-state index in [1.807, 2.05) is 17.8 Å². The second kappa shape index (κ2) is 12.0. The fourth-order valence-electron chi connectivity index (χ4n) is 3.14. The van der Waals surface area contributed by atoms with Crippen LogP contribution in [0.3, 0.4) is 0 Å². The van der Waals surface area contributed by atoms with Gasteiger partial charge in [-0.2, -0.15) is 11.8 Å². The van der Waals surface area contributed by atoms with Crippen LogP contribution in [0.15, 0.2) is 23.2 Å². The number of morpholine rings is 1. The Kier molecular flexibility index (Phi) is 9.73. The summed E-state index contributed by atoms with van der Waals surface area (Å²) in [6, 6.07) is 6.32. The van der Waals surface area contributed by atoms with Crippen molar-refractivity contribution >= 4 is 17.7 Å². The zero-order valence-corrected chi connectivity index (χ0v) is 18.5. The standard InChI is InChI=1S/C20H34N4O3S/c1-15(28-5)13-22-20(21-2)23-14-17(24-8-10-27-11-9-24)16-6-7-18(25-3)19(12-16)26-4/h6-7,12,15,17H,8-11,13-14H2,1-5H3,(H2,21,22,23). The Labute approximate surface area is 173 Å². The third-order valence-electron chi connectivity index (χ3n) is 4.92. The van der Waals surface area contributed by atoms with Crippen LogP contribution in [0.1, 0.15) is 18.5 Å². The molecular formula is C20H34N4O3S. The first kappa shape index (κ1) is 22.6. The summed E-state index contributed by atoms with van der Waals surface area (Å²) in [6.45, 7) is 7.11. The molecule has 0 radical (unpaired) electrons. The number of hydrogen-bond acceptors (Lipinski definition) is 6. The highest BCUT2D eigenvalue weighted by atomic mass is 32.2. The summed E-state index contributed by atoms with van der Waals surface area (Å²) in [4.78, 5) is 6.80. The average molecular weight is 411 g/mol. The van der Waals surface area contributed by atoms with Crippen LogP contribution in [0.25, 0.3) is 0 Å². The molecule has 1 saturated heterocycles. The van der Waals surface area contributed by atoms with Crippen LogP contribution in [0, 0.1) is 0 Å². The Morgan fingerprint density at radius 3 is 2.46 bits per heavy atom.